The van der Waals surface area contributed by atoms with Crippen LogP contribution < -0.4 is 16.8 Å². The van der Waals surface area contributed by atoms with Crippen LogP contribution >= 0.6 is 0 Å². The van der Waals surface area contributed by atoms with Crippen molar-refractivity contribution in [2.24, 2.45) is 16.5 Å². The molecule has 39 heavy (non-hydrogen) atoms. The maximum Gasteiger partial charge on any atom is 0.326 e. The lowest BCUT2D eigenvalue weighted by molar-refractivity contribution is -0.141. The summed E-state index contributed by atoms with van der Waals surface area (Å²) in [5.74, 6) is -2.07. The molecule has 9 heteroatoms. The summed E-state index contributed by atoms with van der Waals surface area (Å²) in [5, 5.41) is 11.8. The Morgan fingerprint density at radius 1 is 1.05 bits per heavy atom. The molecule has 0 aromatic heterocycles. The Kier molecular flexibility index (Phi) is 14.4. The predicted octanol–water partition coefficient (Wildman–Crippen LogP) is 3.61. The molecule has 2 aromatic rings. The molecule has 0 bridgehead atoms. The van der Waals surface area contributed by atoms with E-state index in [1.165, 1.54) is 6.08 Å². The van der Waals surface area contributed by atoms with Crippen molar-refractivity contribution in [3.05, 3.63) is 94.7 Å². The summed E-state index contributed by atoms with van der Waals surface area (Å²) < 4.78 is 0. The largest absolute Gasteiger partial charge is 0.480 e. The van der Waals surface area contributed by atoms with Crippen molar-refractivity contribution in [3.63, 3.8) is 0 Å². The molecule has 0 radical (unpaired) electrons. The van der Waals surface area contributed by atoms with E-state index in [0.717, 1.165) is 22.3 Å². The number of rotatable bonds is 13. The van der Waals surface area contributed by atoms with Crippen LogP contribution in [-0.4, -0.2) is 53.8 Å². The second-order valence-corrected chi connectivity index (χ2v) is 8.79. The molecule has 0 spiro atoms. The van der Waals surface area contributed by atoms with Crippen LogP contribution in [0.3, 0.4) is 0 Å². The number of aliphatic carboxylic acids is 1. The molecule has 210 valence electrons. The minimum Gasteiger partial charge on any atom is -0.480 e. The van der Waals surface area contributed by atoms with Gasteiger partial charge in [-0.2, -0.15) is 0 Å². The van der Waals surface area contributed by atoms with Crippen LogP contribution in [0.1, 0.15) is 55.0 Å². The summed E-state index contributed by atoms with van der Waals surface area (Å²) in [6, 6.07) is 15.2. The first kappa shape index (κ1) is 32.6. The van der Waals surface area contributed by atoms with Gasteiger partial charge in [0.1, 0.15) is 6.04 Å². The fourth-order valence-corrected chi connectivity index (χ4v) is 3.88. The van der Waals surface area contributed by atoms with Crippen molar-refractivity contribution < 1.29 is 19.5 Å². The second-order valence-electron chi connectivity index (χ2n) is 8.79. The van der Waals surface area contributed by atoms with Crippen LogP contribution in [0.5, 0.6) is 0 Å². The Morgan fingerprint density at radius 2 is 1.62 bits per heavy atom. The number of carboxylic acids is 1. The SMILES string of the molecule is CC.Cc1cccc(C(c2cccc(C)c2)N(C)/C=C\C=C(/C=O)C(=O)NC(CCCN=C(N)N)C(=O)O)c1. The van der Waals surface area contributed by atoms with Crippen LogP contribution in [0.25, 0.3) is 0 Å². The lowest BCUT2D eigenvalue weighted by atomic mass is 9.95. The standard InChI is InChI=1S/C28H35N5O4.C2H6/c1-19-8-4-10-21(16-19)25(22-11-5-9-20(2)17-22)33(3)15-7-12-23(18-34)26(35)32-24(27(36)37)13-6-14-31-28(29)30;1-2/h4-5,7-12,15-18,24-25H,6,13-14H2,1-3H3,(H,32,35)(H,36,37)(H4,29,30,31);1-2H3/b15-7-,23-12+;. The van der Waals surface area contributed by atoms with Gasteiger partial charge in [0, 0.05) is 13.6 Å². The topological polar surface area (TPSA) is 151 Å². The molecule has 2 rings (SSSR count). The van der Waals surface area contributed by atoms with Gasteiger partial charge in [-0.05, 0) is 56.2 Å². The molecule has 0 saturated carbocycles. The lowest BCUT2D eigenvalue weighted by Gasteiger charge is -2.28. The number of benzene rings is 2. The van der Waals surface area contributed by atoms with Crippen molar-refractivity contribution in [2.75, 3.05) is 13.6 Å². The van der Waals surface area contributed by atoms with Gasteiger partial charge in [-0.25, -0.2) is 4.79 Å². The number of nitrogens with zero attached hydrogens (tertiary/aromatic N) is 2. The molecule has 0 aliphatic rings. The van der Waals surface area contributed by atoms with E-state index in [-0.39, 0.29) is 30.5 Å². The quantitative estimate of drug-likeness (QED) is 0.0447. The first-order chi connectivity index (χ1) is 18.6. The summed E-state index contributed by atoms with van der Waals surface area (Å²) in [5.41, 5.74) is 14.8. The van der Waals surface area contributed by atoms with Crippen molar-refractivity contribution >= 4 is 24.1 Å². The third-order valence-corrected chi connectivity index (χ3v) is 5.66. The molecule has 1 unspecified atom stereocenters. The highest BCUT2D eigenvalue weighted by Gasteiger charge is 2.21. The zero-order valence-electron chi connectivity index (χ0n) is 23.4. The Morgan fingerprint density at radius 3 is 2.08 bits per heavy atom. The lowest BCUT2D eigenvalue weighted by Crippen LogP contribution is -2.41. The number of aldehydes is 1. The van der Waals surface area contributed by atoms with E-state index in [1.807, 2.05) is 63.9 Å². The van der Waals surface area contributed by atoms with Gasteiger partial charge >= 0.3 is 5.97 Å². The van der Waals surface area contributed by atoms with Crippen LogP contribution in [0.15, 0.2) is 77.4 Å². The Bertz CT molecular complexity index is 1140. The molecule has 6 N–H and O–H groups in total. The predicted molar refractivity (Wildman–Crippen MR) is 156 cm³/mol. The number of nitrogens with two attached hydrogens (primary N) is 2. The maximum absolute atomic E-state index is 12.6. The van der Waals surface area contributed by atoms with Gasteiger partial charge < -0.3 is 26.8 Å². The van der Waals surface area contributed by atoms with E-state index < -0.39 is 17.9 Å². The van der Waals surface area contributed by atoms with Gasteiger partial charge in [-0.1, -0.05) is 73.5 Å². The summed E-state index contributed by atoms with van der Waals surface area (Å²) in [6.07, 6.45) is 5.58. The second kappa shape index (κ2) is 17.2. The molecular weight excluding hydrogens is 494 g/mol. The number of hydrogen-bond acceptors (Lipinski definition) is 5. The fourth-order valence-electron chi connectivity index (χ4n) is 3.88. The number of guanidine groups is 1. The number of carbonyl (C=O) groups excluding carboxylic acids is 2. The van der Waals surface area contributed by atoms with Gasteiger partial charge in [-0.3, -0.25) is 14.6 Å². The number of nitrogens with one attached hydrogen (secondary N) is 1. The number of aliphatic imine (C=N–C) groups is 1. The maximum atomic E-state index is 12.6. The zero-order chi connectivity index (χ0) is 29.4. The first-order valence-corrected chi connectivity index (χ1v) is 12.9. The molecule has 2 aromatic carbocycles. The van der Waals surface area contributed by atoms with Crippen molar-refractivity contribution in [1.29, 1.82) is 0 Å². The number of allylic oxidation sites excluding steroid dienone is 2. The van der Waals surface area contributed by atoms with E-state index in [2.05, 4.69) is 34.6 Å². The monoisotopic (exact) mass is 535 g/mol. The molecular formula is C30H41N5O4. The summed E-state index contributed by atoms with van der Waals surface area (Å²) in [6.45, 7) is 8.31. The van der Waals surface area contributed by atoms with Crippen molar-refractivity contribution in [1.82, 2.24) is 10.2 Å². The number of carbonyl (C=O) groups is 3. The van der Waals surface area contributed by atoms with Gasteiger partial charge in [0.05, 0.1) is 11.6 Å². The molecule has 1 amide bonds. The molecule has 1 atom stereocenters. The highest BCUT2D eigenvalue weighted by Crippen LogP contribution is 2.29. The number of carboxylic acid groups (broad SMARTS) is 1. The summed E-state index contributed by atoms with van der Waals surface area (Å²) >= 11 is 0. The number of amides is 1. The van der Waals surface area contributed by atoms with Crippen molar-refractivity contribution in [2.45, 2.75) is 52.6 Å². The van der Waals surface area contributed by atoms with E-state index >= 15 is 0 Å². The van der Waals surface area contributed by atoms with Crippen LogP contribution in [0.2, 0.25) is 0 Å². The smallest absolute Gasteiger partial charge is 0.326 e. The minimum absolute atomic E-state index is 0.0918. The zero-order valence-corrected chi connectivity index (χ0v) is 23.4. The van der Waals surface area contributed by atoms with E-state index in [0.29, 0.717) is 12.7 Å². The molecule has 0 aliphatic heterocycles. The highest BCUT2D eigenvalue weighted by molar-refractivity contribution is 6.11. The van der Waals surface area contributed by atoms with E-state index in [1.54, 1.807) is 12.3 Å². The highest BCUT2D eigenvalue weighted by atomic mass is 16.4. The van der Waals surface area contributed by atoms with E-state index in [9.17, 15) is 19.5 Å². The van der Waals surface area contributed by atoms with Crippen molar-refractivity contribution in [3.8, 4) is 0 Å². The van der Waals surface area contributed by atoms with Gasteiger partial charge in [0.25, 0.3) is 5.91 Å². The molecule has 9 nitrogen and oxygen atoms in total. The molecule has 0 fully saturated rings. The Hall–Kier alpha value is -4.40. The summed E-state index contributed by atoms with van der Waals surface area (Å²) in [7, 11) is 1.91. The van der Waals surface area contributed by atoms with Crippen LogP contribution in [0, 0.1) is 13.8 Å². The fraction of sp³-hybridized carbons (Fsp3) is 0.333. The first-order valence-electron chi connectivity index (χ1n) is 12.9. The summed E-state index contributed by atoms with van der Waals surface area (Å²) in [4.78, 5) is 41.5. The van der Waals surface area contributed by atoms with Gasteiger partial charge in [-0.15, -0.1) is 0 Å². The average molecular weight is 536 g/mol. The third-order valence-electron chi connectivity index (χ3n) is 5.66. The third kappa shape index (κ3) is 11.3. The minimum atomic E-state index is -1.21. The number of aryl methyl sites for hydroxylation is 2. The van der Waals surface area contributed by atoms with Gasteiger partial charge in [0.2, 0.25) is 0 Å². The Labute approximate surface area is 231 Å². The van der Waals surface area contributed by atoms with Crippen LogP contribution in [0.4, 0.5) is 0 Å². The normalized spacial score (nSPS) is 11.8. The Balaban J connectivity index is 0.00000371. The molecule has 0 heterocycles. The van der Waals surface area contributed by atoms with Gasteiger partial charge in [0.15, 0.2) is 12.2 Å². The average Bonchev–Trinajstić information content (AvgIpc) is 2.89. The van der Waals surface area contributed by atoms with Crippen LogP contribution in [-0.2, 0) is 14.4 Å². The number of hydrogen-bond donors (Lipinski definition) is 4. The molecule has 0 aliphatic carbocycles. The van der Waals surface area contributed by atoms with E-state index in [4.69, 9.17) is 11.5 Å². The molecule has 0 saturated heterocycles.